The fourth-order valence-electron chi connectivity index (χ4n) is 8.84. The molecular weight excluding hydrogens is 597 g/mol. The Kier molecular flexibility index (Phi) is 4.69. The van der Waals surface area contributed by atoms with E-state index in [1.54, 1.807) is 0 Å². The van der Waals surface area contributed by atoms with Gasteiger partial charge in [0.25, 0.3) is 0 Å². The first-order valence-electron chi connectivity index (χ1n) is 16.8. The molecule has 5 heterocycles. The second kappa shape index (κ2) is 9.03. The molecule has 4 heteroatoms. The molecule has 49 heavy (non-hydrogen) atoms. The molecule has 12 rings (SSSR count). The van der Waals surface area contributed by atoms with Crippen LogP contribution < -0.4 is 0 Å². The van der Waals surface area contributed by atoms with Gasteiger partial charge in [0.2, 0.25) is 0 Å². The number of para-hydroxylation sites is 3. The van der Waals surface area contributed by atoms with Crippen LogP contribution in [-0.2, 0) is 0 Å². The Morgan fingerprint density at radius 1 is 0.367 bits per heavy atom. The quantitative estimate of drug-likeness (QED) is 0.188. The van der Waals surface area contributed by atoms with Crippen molar-refractivity contribution >= 4 is 92.5 Å². The van der Waals surface area contributed by atoms with E-state index < -0.39 is 0 Å². The third-order valence-electron chi connectivity index (χ3n) is 10.8. The summed E-state index contributed by atoms with van der Waals surface area (Å²) in [4.78, 5) is 4.54. The Morgan fingerprint density at radius 2 is 0.980 bits per heavy atom. The highest BCUT2D eigenvalue weighted by Gasteiger charge is 2.24. The van der Waals surface area contributed by atoms with Crippen LogP contribution in [0.4, 0.5) is 0 Å². The lowest BCUT2D eigenvalue weighted by Gasteiger charge is -2.13. The lowest BCUT2D eigenvalue weighted by atomic mass is 10.0. The minimum Gasteiger partial charge on any atom is -0.309 e. The van der Waals surface area contributed by atoms with Gasteiger partial charge in [0, 0.05) is 60.7 Å². The molecule has 5 aromatic heterocycles. The van der Waals surface area contributed by atoms with Gasteiger partial charge in [-0.05, 0) is 71.4 Å². The molecule has 12 aromatic rings. The van der Waals surface area contributed by atoms with E-state index in [4.69, 9.17) is 0 Å². The number of fused-ring (bicyclic) bond motifs is 14. The summed E-state index contributed by atoms with van der Waals surface area (Å²) in [5.41, 5.74) is 10.7. The molecule has 0 N–H and O–H groups in total. The van der Waals surface area contributed by atoms with Crippen molar-refractivity contribution in [3.05, 3.63) is 158 Å². The Morgan fingerprint density at radius 3 is 1.78 bits per heavy atom. The molecule has 0 aliphatic rings. The average Bonchev–Trinajstić information content (AvgIpc) is 3.87. The van der Waals surface area contributed by atoms with E-state index in [0.29, 0.717) is 0 Å². The third kappa shape index (κ3) is 3.16. The van der Waals surface area contributed by atoms with Crippen molar-refractivity contribution in [1.29, 1.82) is 0 Å². The minimum absolute atomic E-state index is 1.10. The maximum atomic E-state index is 4.54. The van der Waals surface area contributed by atoms with Crippen LogP contribution in [-0.4, -0.2) is 18.5 Å². The first kappa shape index (κ1) is 25.4. The Balaban J connectivity index is 1.28. The zero-order chi connectivity index (χ0) is 31.8. The summed E-state index contributed by atoms with van der Waals surface area (Å²) in [5.74, 6) is 0. The number of benzene rings is 7. The molecule has 0 amide bonds. The molecule has 0 aliphatic heterocycles. The minimum atomic E-state index is 1.10. The van der Waals surface area contributed by atoms with Crippen LogP contribution in [0.25, 0.3) is 104 Å². The molecule has 4 nitrogen and oxygen atoms in total. The molecular formula is C45H26N4. The monoisotopic (exact) mass is 622 g/mol. The van der Waals surface area contributed by atoms with Gasteiger partial charge in [-0.2, -0.15) is 0 Å². The first-order chi connectivity index (χ1) is 24.3. The molecule has 0 unspecified atom stereocenters. The van der Waals surface area contributed by atoms with Gasteiger partial charge in [-0.25, -0.2) is 0 Å². The van der Waals surface area contributed by atoms with Crippen LogP contribution in [0.5, 0.6) is 0 Å². The van der Waals surface area contributed by atoms with E-state index in [9.17, 15) is 0 Å². The van der Waals surface area contributed by atoms with Gasteiger partial charge >= 0.3 is 0 Å². The largest absolute Gasteiger partial charge is 0.309 e. The average molecular weight is 623 g/mol. The van der Waals surface area contributed by atoms with Gasteiger partial charge in [0.05, 0.1) is 44.8 Å². The summed E-state index contributed by atoms with van der Waals surface area (Å²) in [5, 5.41) is 12.7. The third-order valence-corrected chi connectivity index (χ3v) is 10.8. The molecule has 0 saturated heterocycles. The van der Waals surface area contributed by atoms with Crippen LogP contribution in [0, 0.1) is 0 Å². The molecule has 0 bridgehead atoms. The summed E-state index contributed by atoms with van der Waals surface area (Å²) >= 11 is 0. The predicted octanol–water partition coefficient (Wildman–Crippen LogP) is 11.6. The number of hydrogen-bond acceptors (Lipinski definition) is 1. The van der Waals surface area contributed by atoms with Crippen LogP contribution in [0.1, 0.15) is 0 Å². The second-order valence-electron chi connectivity index (χ2n) is 13.2. The Hall–Kier alpha value is -6.65. The lowest BCUT2D eigenvalue weighted by Crippen LogP contribution is -1.98. The smallest absolute Gasteiger partial charge is 0.0724 e. The number of pyridine rings is 1. The molecule has 0 fully saturated rings. The van der Waals surface area contributed by atoms with E-state index in [1.807, 2.05) is 12.4 Å². The van der Waals surface area contributed by atoms with Crippen LogP contribution in [0.3, 0.4) is 0 Å². The summed E-state index contributed by atoms with van der Waals surface area (Å²) in [6.07, 6.45) is 3.87. The topological polar surface area (TPSA) is 27.2 Å². The highest BCUT2D eigenvalue weighted by Crippen LogP contribution is 2.47. The maximum Gasteiger partial charge on any atom is 0.0724 e. The van der Waals surface area contributed by atoms with E-state index in [-0.39, 0.29) is 0 Å². The molecule has 0 aliphatic carbocycles. The van der Waals surface area contributed by atoms with Gasteiger partial charge in [-0.15, -0.1) is 0 Å². The highest BCUT2D eigenvalue weighted by atomic mass is 15.0. The number of nitrogens with zero attached hydrogens (tertiary/aromatic N) is 4. The van der Waals surface area contributed by atoms with Gasteiger partial charge in [-0.1, -0.05) is 84.9 Å². The van der Waals surface area contributed by atoms with Crippen LogP contribution in [0.15, 0.2) is 158 Å². The van der Waals surface area contributed by atoms with Crippen molar-refractivity contribution in [1.82, 2.24) is 18.5 Å². The maximum absolute atomic E-state index is 4.54. The SMILES string of the molecule is c1cc(-n2c3ccccc3c3ccncc32)cc(-n2c3cc4ccccc4cc3c3c4c5ccccc5n5c6ccccc6c(cc32)c45)c1. The standard InChI is InChI=1S/C45H26N4/c1-2-11-28-23-40-36(22-27(28)10-1)43-41(25-35-32-15-4-7-18-38(32)49-39-19-8-5-16-34(39)44(43)45(35)49)48(40)30-13-9-12-29(24-30)47-37-17-6-3-14-31(37)33-20-21-46-26-42(33)47/h1-26H. The molecule has 0 atom stereocenters. The number of rotatable bonds is 2. The fraction of sp³-hybridized carbons (Fsp3) is 0. The second-order valence-corrected chi connectivity index (χ2v) is 13.2. The summed E-state index contributed by atoms with van der Waals surface area (Å²) < 4.78 is 7.33. The van der Waals surface area contributed by atoms with E-state index in [2.05, 4.69) is 164 Å². The Bertz CT molecular complexity index is 3280. The predicted molar refractivity (Wildman–Crippen MR) is 205 cm³/mol. The number of aromatic nitrogens is 4. The van der Waals surface area contributed by atoms with Crippen molar-refractivity contribution in [3.8, 4) is 11.4 Å². The van der Waals surface area contributed by atoms with Gasteiger partial charge in [0.1, 0.15) is 0 Å². The molecule has 226 valence electrons. The zero-order valence-electron chi connectivity index (χ0n) is 26.3. The molecule has 7 aromatic carbocycles. The van der Waals surface area contributed by atoms with Gasteiger partial charge < -0.3 is 13.5 Å². The van der Waals surface area contributed by atoms with Crippen molar-refractivity contribution in [2.45, 2.75) is 0 Å². The van der Waals surface area contributed by atoms with Crippen molar-refractivity contribution < 1.29 is 0 Å². The highest BCUT2D eigenvalue weighted by molar-refractivity contribution is 6.36. The van der Waals surface area contributed by atoms with Crippen molar-refractivity contribution in [3.63, 3.8) is 0 Å². The van der Waals surface area contributed by atoms with Crippen LogP contribution in [0.2, 0.25) is 0 Å². The van der Waals surface area contributed by atoms with Gasteiger partial charge in [-0.3, -0.25) is 4.98 Å². The fourth-order valence-corrected chi connectivity index (χ4v) is 8.84. The van der Waals surface area contributed by atoms with Crippen molar-refractivity contribution in [2.24, 2.45) is 0 Å². The summed E-state index contributed by atoms with van der Waals surface area (Å²) in [7, 11) is 0. The van der Waals surface area contributed by atoms with E-state index in [0.717, 1.165) is 16.9 Å². The summed E-state index contributed by atoms with van der Waals surface area (Å²) in [6, 6.07) is 53.5. The van der Waals surface area contributed by atoms with Crippen molar-refractivity contribution in [2.75, 3.05) is 0 Å². The number of hydrogen-bond donors (Lipinski definition) is 0. The first-order valence-corrected chi connectivity index (χ1v) is 16.8. The molecule has 0 saturated carbocycles. The molecule has 0 spiro atoms. The van der Waals surface area contributed by atoms with Gasteiger partial charge in [0.15, 0.2) is 0 Å². The van der Waals surface area contributed by atoms with E-state index >= 15 is 0 Å². The normalized spacial score (nSPS) is 12.5. The van der Waals surface area contributed by atoms with Crippen LogP contribution >= 0.6 is 0 Å². The zero-order valence-corrected chi connectivity index (χ0v) is 26.3. The molecule has 0 radical (unpaired) electrons. The summed E-state index contributed by atoms with van der Waals surface area (Å²) in [6.45, 7) is 0. The lowest BCUT2D eigenvalue weighted by molar-refractivity contribution is 1.13. The Labute approximate surface area is 279 Å². The van der Waals surface area contributed by atoms with E-state index in [1.165, 1.54) is 87.0 Å².